The van der Waals surface area contributed by atoms with Crippen molar-refractivity contribution in [3.05, 3.63) is 36.0 Å². The zero-order valence-corrected chi connectivity index (χ0v) is 14.1. The third-order valence-corrected chi connectivity index (χ3v) is 3.74. The summed E-state index contributed by atoms with van der Waals surface area (Å²) < 4.78 is 0. The van der Waals surface area contributed by atoms with Crippen LogP contribution in [0.2, 0.25) is 0 Å². The Morgan fingerprint density at radius 3 is 2.41 bits per heavy atom. The Bertz CT molecular complexity index is 656. The van der Waals surface area contributed by atoms with E-state index in [4.69, 9.17) is 4.98 Å². The lowest BCUT2D eigenvalue weighted by molar-refractivity contribution is -0.114. The number of pyridine rings is 1. The molecule has 1 aromatic heterocycles. The maximum atomic E-state index is 11.1. The van der Waals surface area contributed by atoms with Crippen molar-refractivity contribution in [3.8, 4) is 0 Å². The predicted octanol–water partition coefficient (Wildman–Crippen LogP) is 3.81. The number of nitrogens with one attached hydrogen (secondary N) is 1. The van der Waals surface area contributed by atoms with Gasteiger partial charge in [0.25, 0.3) is 0 Å². The highest BCUT2D eigenvalue weighted by Gasteiger charge is 2.14. The fourth-order valence-corrected chi connectivity index (χ4v) is 2.69. The number of fused-ring (bicyclic) bond motifs is 1. The van der Waals surface area contributed by atoms with Gasteiger partial charge in [-0.15, -0.1) is 0 Å². The highest BCUT2D eigenvalue weighted by molar-refractivity contribution is 5.92. The zero-order valence-electron chi connectivity index (χ0n) is 14.1. The molecule has 1 amide bonds. The molecule has 0 atom stereocenters. The summed E-state index contributed by atoms with van der Waals surface area (Å²) in [6, 6.07) is 10.9. The van der Waals surface area contributed by atoms with Crippen LogP contribution in [-0.4, -0.2) is 27.9 Å². The van der Waals surface area contributed by atoms with Crippen LogP contribution in [0, 0.1) is 0 Å². The number of hydrogen-bond donors (Lipinski definition) is 1. The van der Waals surface area contributed by atoms with Crippen LogP contribution in [0.3, 0.4) is 0 Å². The van der Waals surface area contributed by atoms with Crippen LogP contribution in [0.15, 0.2) is 30.3 Å². The fourth-order valence-electron chi connectivity index (χ4n) is 2.69. The lowest BCUT2D eigenvalue weighted by Crippen LogP contribution is -2.36. The molecule has 0 unspecified atom stereocenters. The standard InChI is InChI=1S/C18H25N3O/c1-12(2)21(13(3)4)11-17-7-6-15-10-16(19-14(5)22)8-9-18(15)20-17/h6-10,12-13H,11H2,1-5H3,(H,19,22). The van der Waals surface area contributed by atoms with Gasteiger partial charge in [0.1, 0.15) is 0 Å². The summed E-state index contributed by atoms with van der Waals surface area (Å²) in [6.07, 6.45) is 0. The van der Waals surface area contributed by atoms with Gasteiger partial charge in [0, 0.05) is 36.6 Å². The van der Waals surface area contributed by atoms with Crippen molar-refractivity contribution < 1.29 is 4.79 Å². The van der Waals surface area contributed by atoms with Gasteiger partial charge < -0.3 is 5.32 Å². The van der Waals surface area contributed by atoms with Crippen molar-refractivity contribution in [1.82, 2.24) is 9.88 Å². The third-order valence-electron chi connectivity index (χ3n) is 3.74. The summed E-state index contributed by atoms with van der Waals surface area (Å²) >= 11 is 0. The first-order chi connectivity index (χ1) is 10.4. The van der Waals surface area contributed by atoms with Gasteiger partial charge in [-0.3, -0.25) is 14.7 Å². The summed E-state index contributed by atoms with van der Waals surface area (Å²) in [5, 5.41) is 3.84. The van der Waals surface area contributed by atoms with Gasteiger partial charge in [0.05, 0.1) is 11.2 Å². The van der Waals surface area contributed by atoms with E-state index in [2.05, 4.69) is 50.0 Å². The monoisotopic (exact) mass is 299 g/mol. The van der Waals surface area contributed by atoms with Gasteiger partial charge in [0.15, 0.2) is 0 Å². The van der Waals surface area contributed by atoms with E-state index in [0.717, 1.165) is 28.8 Å². The first-order valence-corrected chi connectivity index (χ1v) is 7.80. The molecule has 4 heteroatoms. The summed E-state index contributed by atoms with van der Waals surface area (Å²) in [5.74, 6) is -0.0616. The topological polar surface area (TPSA) is 45.2 Å². The molecule has 1 aromatic carbocycles. The maximum absolute atomic E-state index is 11.1. The van der Waals surface area contributed by atoms with E-state index in [1.54, 1.807) is 0 Å². The van der Waals surface area contributed by atoms with Crippen LogP contribution in [0.1, 0.15) is 40.3 Å². The molecule has 0 aliphatic carbocycles. The van der Waals surface area contributed by atoms with E-state index >= 15 is 0 Å². The first kappa shape index (κ1) is 16.4. The second-order valence-electron chi connectivity index (χ2n) is 6.25. The lowest BCUT2D eigenvalue weighted by Gasteiger charge is -2.30. The van der Waals surface area contributed by atoms with Crippen molar-refractivity contribution in [1.29, 1.82) is 0 Å². The highest BCUT2D eigenvalue weighted by atomic mass is 16.1. The smallest absolute Gasteiger partial charge is 0.221 e. The number of aromatic nitrogens is 1. The summed E-state index contributed by atoms with van der Waals surface area (Å²) in [7, 11) is 0. The number of amides is 1. The number of carbonyl (C=O) groups is 1. The molecular weight excluding hydrogens is 274 g/mol. The Morgan fingerprint density at radius 2 is 1.82 bits per heavy atom. The van der Waals surface area contributed by atoms with Gasteiger partial charge in [0.2, 0.25) is 5.91 Å². The molecular formula is C18H25N3O. The molecule has 2 aromatic rings. The fraction of sp³-hybridized carbons (Fsp3) is 0.444. The molecule has 0 radical (unpaired) electrons. The minimum atomic E-state index is -0.0616. The van der Waals surface area contributed by atoms with Crippen LogP contribution in [0.4, 0.5) is 5.69 Å². The molecule has 0 spiro atoms. The van der Waals surface area contributed by atoms with Crippen LogP contribution in [-0.2, 0) is 11.3 Å². The van der Waals surface area contributed by atoms with Crippen molar-refractivity contribution in [2.75, 3.05) is 5.32 Å². The predicted molar refractivity (Wildman–Crippen MR) is 91.9 cm³/mol. The molecule has 1 N–H and O–H groups in total. The van der Waals surface area contributed by atoms with Crippen LogP contribution in [0.5, 0.6) is 0 Å². The van der Waals surface area contributed by atoms with E-state index in [0.29, 0.717) is 12.1 Å². The number of nitrogens with zero attached hydrogens (tertiary/aromatic N) is 2. The molecule has 22 heavy (non-hydrogen) atoms. The van der Waals surface area contributed by atoms with Crippen molar-refractivity contribution in [3.63, 3.8) is 0 Å². The Balaban J connectivity index is 2.25. The Kier molecular flexibility index (Phi) is 5.14. The molecule has 0 saturated heterocycles. The van der Waals surface area contributed by atoms with Gasteiger partial charge in [-0.2, -0.15) is 0 Å². The second-order valence-corrected chi connectivity index (χ2v) is 6.25. The lowest BCUT2D eigenvalue weighted by atomic mass is 10.1. The van der Waals surface area contributed by atoms with Gasteiger partial charge in [-0.05, 0) is 52.0 Å². The van der Waals surface area contributed by atoms with Crippen LogP contribution < -0.4 is 5.32 Å². The number of benzene rings is 1. The summed E-state index contributed by atoms with van der Waals surface area (Å²) in [5.41, 5.74) is 2.83. The molecule has 0 aliphatic rings. The van der Waals surface area contributed by atoms with Gasteiger partial charge >= 0.3 is 0 Å². The molecule has 4 nitrogen and oxygen atoms in total. The Labute approximate surface area is 132 Å². The van der Waals surface area contributed by atoms with Crippen LogP contribution >= 0.6 is 0 Å². The normalized spacial score (nSPS) is 11.6. The Hall–Kier alpha value is -1.94. The highest BCUT2D eigenvalue weighted by Crippen LogP contribution is 2.19. The van der Waals surface area contributed by atoms with Crippen molar-refractivity contribution >= 4 is 22.5 Å². The average Bonchev–Trinajstić information content (AvgIpc) is 2.43. The van der Waals surface area contributed by atoms with Gasteiger partial charge in [-0.1, -0.05) is 6.07 Å². The molecule has 2 rings (SSSR count). The molecule has 0 aliphatic heterocycles. The molecule has 0 bridgehead atoms. The van der Waals surface area contributed by atoms with E-state index in [-0.39, 0.29) is 5.91 Å². The molecule has 118 valence electrons. The quantitative estimate of drug-likeness (QED) is 0.913. The largest absolute Gasteiger partial charge is 0.326 e. The SMILES string of the molecule is CC(=O)Nc1ccc2nc(CN(C(C)C)C(C)C)ccc2c1. The number of rotatable bonds is 5. The minimum Gasteiger partial charge on any atom is -0.326 e. The van der Waals surface area contributed by atoms with Crippen molar-refractivity contribution in [2.24, 2.45) is 0 Å². The van der Waals surface area contributed by atoms with E-state index < -0.39 is 0 Å². The number of carbonyl (C=O) groups excluding carboxylic acids is 1. The summed E-state index contributed by atoms with van der Waals surface area (Å²) in [4.78, 5) is 18.3. The first-order valence-electron chi connectivity index (χ1n) is 7.80. The molecule has 0 saturated carbocycles. The van der Waals surface area contributed by atoms with E-state index in [1.807, 2.05) is 18.2 Å². The molecule has 1 heterocycles. The maximum Gasteiger partial charge on any atom is 0.221 e. The molecule has 0 fully saturated rings. The Morgan fingerprint density at radius 1 is 1.14 bits per heavy atom. The number of hydrogen-bond acceptors (Lipinski definition) is 3. The average molecular weight is 299 g/mol. The second kappa shape index (κ2) is 6.88. The van der Waals surface area contributed by atoms with E-state index in [9.17, 15) is 4.79 Å². The zero-order chi connectivity index (χ0) is 16.3. The third kappa shape index (κ3) is 4.04. The van der Waals surface area contributed by atoms with E-state index in [1.165, 1.54) is 6.92 Å². The van der Waals surface area contributed by atoms with Crippen molar-refractivity contribution in [2.45, 2.75) is 53.2 Å². The number of anilines is 1. The van der Waals surface area contributed by atoms with Crippen LogP contribution in [0.25, 0.3) is 10.9 Å². The summed E-state index contributed by atoms with van der Waals surface area (Å²) in [6.45, 7) is 11.2. The van der Waals surface area contributed by atoms with Gasteiger partial charge in [-0.25, -0.2) is 0 Å². The minimum absolute atomic E-state index is 0.0616.